The van der Waals surface area contributed by atoms with Crippen LogP contribution in [0.3, 0.4) is 0 Å². The van der Waals surface area contributed by atoms with Crippen molar-refractivity contribution in [2.45, 2.75) is 13.0 Å². The second-order valence-corrected chi connectivity index (χ2v) is 3.46. The molecule has 0 aliphatic carbocycles. The fourth-order valence-electron chi connectivity index (χ4n) is 0.783. The van der Waals surface area contributed by atoms with Gasteiger partial charge in [-0.25, -0.2) is 0 Å². The SMILES string of the molecule is C[C@@H](C=O)NCC(=O)NCCN(C)C. The molecule has 0 rings (SSSR count). The molecule has 0 radical (unpaired) electrons. The Morgan fingerprint density at radius 2 is 2.14 bits per heavy atom. The normalized spacial score (nSPS) is 12.6. The molecule has 0 saturated carbocycles. The maximum Gasteiger partial charge on any atom is 0.234 e. The van der Waals surface area contributed by atoms with E-state index >= 15 is 0 Å². The smallest absolute Gasteiger partial charge is 0.234 e. The predicted molar refractivity (Wildman–Crippen MR) is 55.1 cm³/mol. The van der Waals surface area contributed by atoms with Crippen LogP contribution in [0.2, 0.25) is 0 Å². The molecule has 0 bridgehead atoms. The lowest BCUT2D eigenvalue weighted by atomic mass is 10.4. The van der Waals surface area contributed by atoms with Gasteiger partial charge in [-0.1, -0.05) is 0 Å². The Balaban J connectivity index is 3.41. The van der Waals surface area contributed by atoms with E-state index in [9.17, 15) is 9.59 Å². The number of rotatable bonds is 7. The molecule has 5 heteroatoms. The quantitative estimate of drug-likeness (QED) is 0.510. The molecular weight excluding hydrogens is 182 g/mol. The van der Waals surface area contributed by atoms with Gasteiger partial charge in [0.15, 0.2) is 0 Å². The Morgan fingerprint density at radius 3 is 2.64 bits per heavy atom. The van der Waals surface area contributed by atoms with Gasteiger partial charge in [0.1, 0.15) is 6.29 Å². The predicted octanol–water partition coefficient (Wildman–Crippen LogP) is -1.16. The van der Waals surface area contributed by atoms with Crippen LogP contribution in [0.1, 0.15) is 6.92 Å². The van der Waals surface area contributed by atoms with Crippen molar-refractivity contribution in [3.05, 3.63) is 0 Å². The maximum atomic E-state index is 11.1. The lowest BCUT2D eigenvalue weighted by Gasteiger charge is -2.11. The fourth-order valence-corrected chi connectivity index (χ4v) is 0.783. The molecule has 1 atom stereocenters. The Kier molecular flexibility index (Phi) is 6.96. The summed E-state index contributed by atoms with van der Waals surface area (Å²) in [7, 11) is 3.89. The van der Waals surface area contributed by atoms with Crippen LogP contribution >= 0.6 is 0 Å². The van der Waals surface area contributed by atoms with Gasteiger partial charge < -0.3 is 15.0 Å². The largest absolute Gasteiger partial charge is 0.354 e. The van der Waals surface area contributed by atoms with Crippen molar-refractivity contribution in [2.75, 3.05) is 33.7 Å². The first-order valence-corrected chi connectivity index (χ1v) is 4.66. The number of nitrogens with zero attached hydrogens (tertiary/aromatic N) is 1. The van der Waals surface area contributed by atoms with E-state index in [0.717, 1.165) is 12.8 Å². The summed E-state index contributed by atoms with van der Waals surface area (Å²) in [6.07, 6.45) is 0.771. The Hall–Kier alpha value is -0.940. The van der Waals surface area contributed by atoms with Gasteiger partial charge >= 0.3 is 0 Å². The zero-order valence-electron chi connectivity index (χ0n) is 9.04. The van der Waals surface area contributed by atoms with Crippen molar-refractivity contribution in [3.8, 4) is 0 Å². The van der Waals surface area contributed by atoms with Gasteiger partial charge in [-0.05, 0) is 21.0 Å². The van der Waals surface area contributed by atoms with Crippen LogP contribution in [0.5, 0.6) is 0 Å². The molecule has 0 aromatic heterocycles. The van der Waals surface area contributed by atoms with Gasteiger partial charge in [0, 0.05) is 13.1 Å². The van der Waals surface area contributed by atoms with Crippen molar-refractivity contribution in [3.63, 3.8) is 0 Å². The summed E-state index contributed by atoms with van der Waals surface area (Å²) in [6.45, 7) is 3.34. The van der Waals surface area contributed by atoms with Gasteiger partial charge in [-0.15, -0.1) is 0 Å². The highest BCUT2D eigenvalue weighted by molar-refractivity contribution is 5.78. The zero-order chi connectivity index (χ0) is 11.0. The van der Waals surface area contributed by atoms with E-state index in [4.69, 9.17) is 0 Å². The van der Waals surface area contributed by atoms with Crippen LogP contribution in [-0.2, 0) is 9.59 Å². The number of hydrogen-bond donors (Lipinski definition) is 2. The molecule has 0 aromatic rings. The molecule has 1 amide bonds. The number of hydrogen-bond acceptors (Lipinski definition) is 4. The molecule has 5 nitrogen and oxygen atoms in total. The van der Waals surface area contributed by atoms with Crippen LogP contribution in [0.25, 0.3) is 0 Å². The minimum absolute atomic E-state index is 0.0828. The summed E-state index contributed by atoms with van der Waals surface area (Å²) in [4.78, 5) is 23.3. The Labute approximate surface area is 84.8 Å². The van der Waals surface area contributed by atoms with E-state index in [0.29, 0.717) is 6.54 Å². The average Bonchev–Trinajstić information content (AvgIpc) is 2.13. The zero-order valence-corrected chi connectivity index (χ0v) is 9.04. The van der Waals surface area contributed by atoms with Crippen molar-refractivity contribution in [2.24, 2.45) is 0 Å². The number of carbonyl (C=O) groups excluding carboxylic acids is 2. The number of aldehydes is 1. The molecule has 0 aliphatic heterocycles. The third-order valence-corrected chi connectivity index (χ3v) is 1.67. The van der Waals surface area contributed by atoms with Crippen LogP contribution in [0.4, 0.5) is 0 Å². The third-order valence-electron chi connectivity index (χ3n) is 1.67. The summed E-state index contributed by atoms with van der Waals surface area (Å²) in [6, 6.07) is -0.269. The molecule has 2 N–H and O–H groups in total. The molecule has 0 saturated heterocycles. The minimum atomic E-state index is -0.269. The highest BCUT2D eigenvalue weighted by atomic mass is 16.2. The molecule has 0 fully saturated rings. The molecule has 0 aromatic carbocycles. The highest BCUT2D eigenvalue weighted by Crippen LogP contribution is 1.74. The summed E-state index contributed by atoms with van der Waals surface area (Å²) in [5.74, 6) is -0.0828. The van der Waals surface area contributed by atoms with Gasteiger partial charge in [-0.2, -0.15) is 0 Å². The lowest BCUT2D eigenvalue weighted by molar-refractivity contribution is -0.120. The highest BCUT2D eigenvalue weighted by Gasteiger charge is 2.03. The van der Waals surface area contributed by atoms with E-state index in [1.54, 1.807) is 6.92 Å². The summed E-state index contributed by atoms with van der Waals surface area (Å²) in [5.41, 5.74) is 0. The van der Waals surface area contributed by atoms with Crippen molar-refractivity contribution in [1.82, 2.24) is 15.5 Å². The van der Waals surface area contributed by atoms with Crippen LogP contribution in [0, 0.1) is 0 Å². The number of amides is 1. The van der Waals surface area contributed by atoms with E-state index in [1.165, 1.54) is 0 Å². The van der Waals surface area contributed by atoms with Gasteiger partial charge in [0.05, 0.1) is 12.6 Å². The standard InChI is InChI=1S/C9H19N3O2/c1-8(7-13)11-6-9(14)10-4-5-12(2)3/h7-8,11H,4-6H2,1-3H3,(H,10,14)/t8-/m0/s1. The topological polar surface area (TPSA) is 61.4 Å². The molecule has 14 heavy (non-hydrogen) atoms. The molecule has 82 valence electrons. The monoisotopic (exact) mass is 201 g/mol. The van der Waals surface area contributed by atoms with E-state index in [2.05, 4.69) is 10.6 Å². The van der Waals surface area contributed by atoms with E-state index < -0.39 is 0 Å². The Bertz CT molecular complexity index is 183. The first-order valence-electron chi connectivity index (χ1n) is 4.66. The third kappa shape index (κ3) is 7.70. The lowest BCUT2D eigenvalue weighted by Crippen LogP contribution is -2.40. The number of carbonyl (C=O) groups is 2. The van der Waals surface area contributed by atoms with Crippen LogP contribution in [-0.4, -0.2) is 56.9 Å². The second-order valence-electron chi connectivity index (χ2n) is 3.46. The first kappa shape index (κ1) is 13.1. The van der Waals surface area contributed by atoms with Gasteiger partial charge in [0.25, 0.3) is 0 Å². The van der Waals surface area contributed by atoms with Gasteiger partial charge in [0.2, 0.25) is 5.91 Å². The van der Waals surface area contributed by atoms with Gasteiger partial charge in [-0.3, -0.25) is 10.1 Å². The van der Waals surface area contributed by atoms with Crippen molar-refractivity contribution < 1.29 is 9.59 Å². The molecule has 0 heterocycles. The first-order chi connectivity index (χ1) is 6.56. The fraction of sp³-hybridized carbons (Fsp3) is 0.778. The summed E-state index contributed by atoms with van der Waals surface area (Å²) < 4.78 is 0. The number of likely N-dealkylation sites (N-methyl/N-ethyl adjacent to an activating group) is 1. The summed E-state index contributed by atoms with van der Waals surface area (Å²) in [5, 5.41) is 5.51. The van der Waals surface area contributed by atoms with E-state index in [-0.39, 0.29) is 18.5 Å². The van der Waals surface area contributed by atoms with Crippen LogP contribution in [0.15, 0.2) is 0 Å². The second kappa shape index (κ2) is 7.46. The maximum absolute atomic E-state index is 11.1. The molecule has 0 aliphatic rings. The molecule has 0 spiro atoms. The van der Waals surface area contributed by atoms with Crippen molar-refractivity contribution >= 4 is 12.2 Å². The minimum Gasteiger partial charge on any atom is -0.354 e. The summed E-state index contributed by atoms with van der Waals surface area (Å²) >= 11 is 0. The average molecular weight is 201 g/mol. The number of nitrogens with one attached hydrogen (secondary N) is 2. The van der Waals surface area contributed by atoms with Crippen LogP contribution < -0.4 is 10.6 Å². The molecule has 0 unspecified atom stereocenters. The van der Waals surface area contributed by atoms with Crippen molar-refractivity contribution in [1.29, 1.82) is 0 Å². The molecular formula is C9H19N3O2. The Morgan fingerprint density at radius 1 is 1.50 bits per heavy atom. The van der Waals surface area contributed by atoms with E-state index in [1.807, 2.05) is 19.0 Å².